The van der Waals surface area contributed by atoms with E-state index < -0.39 is 0 Å². The molecule has 168 valence electrons. The van der Waals surface area contributed by atoms with Crippen LogP contribution < -0.4 is 10.2 Å². The lowest BCUT2D eigenvalue weighted by molar-refractivity contribution is 0.179. The number of hydrogen-bond acceptors (Lipinski definition) is 3. The van der Waals surface area contributed by atoms with Crippen LogP contribution in [0.1, 0.15) is 44.0 Å². The molecule has 31 heavy (non-hydrogen) atoms. The van der Waals surface area contributed by atoms with Gasteiger partial charge in [0.05, 0.1) is 17.8 Å². The van der Waals surface area contributed by atoms with Crippen molar-refractivity contribution in [3.63, 3.8) is 0 Å². The highest BCUT2D eigenvalue weighted by atomic mass is 19.1. The first-order chi connectivity index (χ1) is 14.8. The normalized spacial score (nSPS) is 16.6. The van der Waals surface area contributed by atoms with Crippen molar-refractivity contribution in [2.45, 2.75) is 32.9 Å². The monoisotopic (exact) mass is 430 g/mol. The summed E-state index contributed by atoms with van der Waals surface area (Å²) in [4.78, 5) is 18.9. The van der Waals surface area contributed by atoms with Crippen LogP contribution in [-0.2, 0) is 0 Å². The van der Waals surface area contributed by atoms with Crippen LogP contribution in [-0.4, -0.2) is 55.6 Å². The third-order valence-electron chi connectivity index (χ3n) is 6.08. The number of amides is 2. The fraction of sp³-hybridized carbons (Fsp3) is 0.458. The van der Waals surface area contributed by atoms with Gasteiger partial charge in [-0.3, -0.25) is 0 Å². The molecule has 3 rings (SSSR count). The molecule has 0 aliphatic carbocycles. The molecular weight excluding hydrogens is 398 g/mol. The van der Waals surface area contributed by atoms with Crippen molar-refractivity contribution >= 4 is 11.7 Å². The van der Waals surface area contributed by atoms with Gasteiger partial charge in [0.25, 0.3) is 0 Å². The highest BCUT2D eigenvalue weighted by Gasteiger charge is 2.23. The number of carbonyl (C=O) groups excluding carboxylic acids is 1. The lowest BCUT2D eigenvalue weighted by Gasteiger charge is -2.34. The predicted octanol–water partition coefficient (Wildman–Crippen LogP) is 4.57. The van der Waals surface area contributed by atoms with Gasteiger partial charge in [0.15, 0.2) is 0 Å². The van der Waals surface area contributed by atoms with Crippen LogP contribution in [0.25, 0.3) is 0 Å². The van der Waals surface area contributed by atoms with Gasteiger partial charge < -0.3 is 20.0 Å². The zero-order valence-corrected chi connectivity index (χ0v) is 18.7. The summed E-state index contributed by atoms with van der Waals surface area (Å²) in [5, 5.41) is 2.97. The minimum absolute atomic E-state index is 0.214. The van der Waals surface area contributed by atoms with Crippen LogP contribution in [0.15, 0.2) is 42.5 Å². The van der Waals surface area contributed by atoms with Crippen LogP contribution in [0.3, 0.4) is 0 Å². The minimum Gasteiger partial charge on any atom is -0.367 e. The van der Waals surface area contributed by atoms with E-state index in [1.807, 2.05) is 26.8 Å². The summed E-state index contributed by atoms with van der Waals surface area (Å²) in [6.45, 7) is 9.56. The van der Waals surface area contributed by atoms with Gasteiger partial charge in [0.2, 0.25) is 0 Å². The maximum Gasteiger partial charge on any atom is 0.318 e. The number of anilines is 1. The van der Waals surface area contributed by atoms with Crippen molar-refractivity contribution in [1.29, 1.82) is 0 Å². The van der Waals surface area contributed by atoms with Gasteiger partial charge in [-0.25, -0.2) is 13.6 Å². The summed E-state index contributed by atoms with van der Waals surface area (Å²) < 4.78 is 28.0. The Morgan fingerprint density at radius 2 is 1.65 bits per heavy atom. The number of likely N-dealkylation sites (N-methyl/N-ethyl adjacent to an activating group) is 1. The standard InChI is InChI=1S/C24H32F2N4O/c1-5-30(18(3)19-6-9-21(25)10-7-19)24(31)27-17(2)20-8-11-23(22(26)16-20)29-14-12-28(4)13-15-29/h6-11,16-18H,5,12-15H2,1-4H3,(H,27,31)/t17-,18+/m0/s1. The molecule has 2 aromatic carbocycles. The molecule has 1 N–H and O–H groups in total. The number of rotatable bonds is 6. The Morgan fingerprint density at radius 3 is 2.23 bits per heavy atom. The van der Waals surface area contributed by atoms with E-state index in [0.29, 0.717) is 17.8 Å². The van der Waals surface area contributed by atoms with E-state index in [1.165, 1.54) is 18.2 Å². The van der Waals surface area contributed by atoms with E-state index in [4.69, 9.17) is 0 Å². The third-order valence-corrected chi connectivity index (χ3v) is 6.08. The highest BCUT2D eigenvalue weighted by molar-refractivity contribution is 5.75. The quantitative estimate of drug-likeness (QED) is 0.730. The number of nitrogens with zero attached hydrogens (tertiary/aromatic N) is 3. The van der Waals surface area contributed by atoms with Gasteiger partial charge >= 0.3 is 6.03 Å². The first kappa shape index (κ1) is 23.0. The molecule has 0 aromatic heterocycles. The molecule has 1 aliphatic rings. The molecule has 1 heterocycles. The van der Waals surface area contributed by atoms with Gasteiger partial charge in [-0.15, -0.1) is 0 Å². The molecule has 0 unspecified atom stereocenters. The molecular formula is C24H32F2N4O. The molecule has 2 amide bonds. The van der Waals surface area contributed by atoms with Crippen molar-refractivity contribution in [2.24, 2.45) is 0 Å². The number of benzene rings is 2. The number of halogens is 2. The molecule has 2 atom stereocenters. The van der Waals surface area contributed by atoms with Crippen molar-refractivity contribution in [2.75, 3.05) is 44.7 Å². The predicted molar refractivity (Wildman–Crippen MR) is 120 cm³/mol. The van der Waals surface area contributed by atoms with E-state index in [1.54, 1.807) is 23.1 Å². The van der Waals surface area contributed by atoms with Crippen molar-refractivity contribution in [1.82, 2.24) is 15.1 Å². The first-order valence-electron chi connectivity index (χ1n) is 10.9. The number of nitrogens with one attached hydrogen (secondary N) is 1. The van der Waals surface area contributed by atoms with E-state index >= 15 is 0 Å². The second-order valence-corrected chi connectivity index (χ2v) is 8.19. The number of hydrogen-bond donors (Lipinski definition) is 1. The van der Waals surface area contributed by atoms with Crippen LogP contribution in [0, 0.1) is 11.6 Å². The largest absolute Gasteiger partial charge is 0.367 e. The highest BCUT2D eigenvalue weighted by Crippen LogP contribution is 2.26. The zero-order chi connectivity index (χ0) is 22.5. The van der Waals surface area contributed by atoms with Gasteiger partial charge in [0.1, 0.15) is 11.6 Å². The second kappa shape index (κ2) is 10.1. The SMILES string of the molecule is CCN(C(=O)N[C@@H](C)c1ccc(N2CCN(C)CC2)c(F)c1)[C@H](C)c1ccc(F)cc1. The van der Waals surface area contributed by atoms with Gasteiger partial charge in [0, 0.05) is 32.7 Å². The van der Waals surface area contributed by atoms with Crippen LogP contribution in [0.4, 0.5) is 19.3 Å². The van der Waals surface area contributed by atoms with Gasteiger partial charge in [-0.1, -0.05) is 18.2 Å². The topological polar surface area (TPSA) is 38.8 Å². The smallest absolute Gasteiger partial charge is 0.318 e. The summed E-state index contributed by atoms with van der Waals surface area (Å²) in [6.07, 6.45) is 0. The van der Waals surface area contributed by atoms with Crippen molar-refractivity contribution < 1.29 is 13.6 Å². The molecule has 5 nitrogen and oxygen atoms in total. The summed E-state index contributed by atoms with van der Waals surface area (Å²) in [7, 11) is 2.07. The average molecular weight is 431 g/mol. The maximum absolute atomic E-state index is 14.8. The molecule has 0 spiro atoms. The van der Waals surface area contributed by atoms with E-state index in [-0.39, 0.29) is 29.7 Å². The molecule has 1 fully saturated rings. The summed E-state index contributed by atoms with van der Waals surface area (Å²) in [6, 6.07) is 10.5. The molecule has 0 radical (unpaired) electrons. The molecule has 7 heteroatoms. The van der Waals surface area contributed by atoms with Crippen molar-refractivity contribution in [3.05, 3.63) is 65.2 Å². The van der Waals surface area contributed by atoms with E-state index in [9.17, 15) is 13.6 Å². The first-order valence-corrected chi connectivity index (χ1v) is 10.9. The number of piperazine rings is 1. The summed E-state index contributed by atoms with van der Waals surface area (Å²) >= 11 is 0. The Bertz CT molecular complexity index is 882. The Morgan fingerprint density at radius 1 is 1.03 bits per heavy atom. The minimum atomic E-state index is -0.349. The van der Waals surface area contributed by atoms with Crippen LogP contribution in [0.2, 0.25) is 0 Å². The second-order valence-electron chi connectivity index (χ2n) is 8.19. The molecule has 0 saturated carbocycles. The molecule has 2 aromatic rings. The number of carbonyl (C=O) groups is 1. The third kappa shape index (κ3) is 5.53. The summed E-state index contributed by atoms with van der Waals surface area (Å²) in [5.74, 6) is -0.575. The molecule has 1 saturated heterocycles. The fourth-order valence-electron chi connectivity index (χ4n) is 3.96. The molecule has 1 aliphatic heterocycles. The van der Waals surface area contributed by atoms with Crippen molar-refractivity contribution in [3.8, 4) is 0 Å². The Labute approximate surface area is 183 Å². The number of urea groups is 1. The van der Waals surface area contributed by atoms with E-state index in [2.05, 4.69) is 22.2 Å². The Hall–Kier alpha value is -2.67. The van der Waals surface area contributed by atoms with Crippen LogP contribution >= 0.6 is 0 Å². The Balaban J connectivity index is 1.66. The Kier molecular flexibility index (Phi) is 7.49. The zero-order valence-electron chi connectivity index (χ0n) is 18.7. The fourth-order valence-corrected chi connectivity index (χ4v) is 3.96. The van der Waals surface area contributed by atoms with Gasteiger partial charge in [-0.2, -0.15) is 0 Å². The summed E-state index contributed by atoms with van der Waals surface area (Å²) in [5.41, 5.74) is 2.18. The van der Waals surface area contributed by atoms with Crippen LogP contribution in [0.5, 0.6) is 0 Å². The maximum atomic E-state index is 14.8. The average Bonchev–Trinajstić information content (AvgIpc) is 2.75. The molecule has 0 bridgehead atoms. The van der Waals surface area contributed by atoms with E-state index in [0.717, 1.165) is 31.7 Å². The lowest BCUT2D eigenvalue weighted by Crippen LogP contribution is -2.44. The van der Waals surface area contributed by atoms with Gasteiger partial charge in [-0.05, 0) is 63.2 Å². The lowest BCUT2D eigenvalue weighted by atomic mass is 10.1.